The largest absolute Gasteiger partial charge is 0.298 e. The Bertz CT molecular complexity index is 623. The van der Waals surface area contributed by atoms with E-state index in [1.807, 2.05) is 0 Å². The summed E-state index contributed by atoms with van der Waals surface area (Å²) in [5.74, 6) is 0. The topological polar surface area (TPSA) is 17.1 Å². The van der Waals surface area contributed by atoms with Crippen molar-refractivity contribution in [2.45, 2.75) is 0 Å². The second-order valence-corrected chi connectivity index (χ2v) is 5.09. The monoisotopic (exact) mass is 318 g/mol. The fourth-order valence-corrected chi connectivity index (χ4v) is 2.46. The Labute approximate surface area is 124 Å². The lowest BCUT2D eigenvalue weighted by Crippen LogP contribution is -1.88. The summed E-state index contributed by atoms with van der Waals surface area (Å²) in [4.78, 5) is 10.8. The van der Waals surface area contributed by atoms with Gasteiger partial charge in [0, 0.05) is 16.7 Å². The van der Waals surface area contributed by atoms with Gasteiger partial charge < -0.3 is 0 Å². The molecule has 0 spiro atoms. The molecule has 1 nitrogen and oxygen atoms in total. The minimum absolute atomic E-state index is 0.209. The highest BCUT2D eigenvalue weighted by Gasteiger charge is 2.14. The summed E-state index contributed by atoms with van der Waals surface area (Å²) in [6, 6.07) is 8.51. The van der Waals surface area contributed by atoms with Crippen LogP contribution in [0.2, 0.25) is 20.1 Å². The molecule has 0 radical (unpaired) electrons. The lowest BCUT2D eigenvalue weighted by atomic mass is 10.0. The van der Waals surface area contributed by atoms with Gasteiger partial charge in [0.1, 0.15) is 0 Å². The molecule has 0 aliphatic rings. The first-order valence-electron chi connectivity index (χ1n) is 4.94. The summed E-state index contributed by atoms with van der Waals surface area (Å²) < 4.78 is 0. The first-order chi connectivity index (χ1) is 8.56. The normalized spacial score (nSPS) is 10.4. The maximum atomic E-state index is 10.8. The molecule has 0 unspecified atom stereocenters. The van der Waals surface area contributed by atoms with Crippen LogP contribution in [0.1, 0.15) is 10.4 Å². The molecule has 0 fully saturated rings. The molecule has 0 aliphatic heterocycles. The Morgan fingerprint density at radius 2 is 1.44 bits per heavy atom. The Kier molecular flexibility index (Phi) is 4.18. The van der Waals surface area contributed by atoms with Gasteiger partial charge in [-0.15, -0.1) is 0 Å². The van der Waals surface area contributed by atoms with Gasteiger partial charge in [-0.3, -0.25) is 4.79 Å². The highest BCUT2D eigenvalue weighted by molar-refractivity contribution is 6.47. The summed E-state index contributed by atoms with van der Waals surface area (Å²) >= 11 is 24.2. The van der Waals surface area contributed by atoms with Gasteiger partial charge in [-0.05, 0) is 12.1 Å². The molecule has 0 saturated heterocycles. The Morgan fingerprint density at radius 3 is 2.11 bits per heavy atom. The number of benzene rings is 2. The van der Waals surface area contributed by atoms with Gasteiger partial charge in [0.05, 0.1) is 20.1 Å². The minimum atomic E-state index is 0.209. The van der Waals surface area contributed by atoms with E-state index >= 15 is 0 Å². The van der Waals surface area contributed by atoms with Gasteiger partial charge in [0.2, 0.25) is 0 Å². The van der Waals surface area contributed by atoms with Crippen LogP contribution in [0.25, 0.3) is 11.1 Å². The van der Waals surface area contributed by atoms with Crippen molar-refractivity contribution in [1.82, 2.24) is 0 Å². The Balaban J connectivity index is 2.69. The van der Waals surface area contributed by atoms with Gasteiger partial charge in [-0.1, -0.05) is 64.6 Å². The van der Waals surface area contributed by atoms with Crippen LogP contribution in [0.15, 0.2) is 30.3 Å². The van der Waals surface area contributed by atoms with Crippen molar-refractivity contribution in [1.29, 1.82) is 0 Å². The summed E-state index contributed by atoms with van der Waals surface area (Å²) in [6.07, 6.45) is 0.650. The van der Waals surface area contributed by atoms with Crippen molar-refractivity contribution in [2.24, 2.45) is 0 Å². The van der Waals surface area contributed by atoms with E-state index in [1.54, 1.807) is 30.3 Å². The highest BCUT2D eigenvalue weighted by Crippen LogP contribution is 2.40. The molecule has 0 atom stereocenters. The molecule has 18 heavy (non-hydrogen) atoms. The van der Waals surface area contributed by atoms with E-state index in [0.717, 1.165) is 0 Å². The smallest absolute Gasteiger partial charge is 0.151 e. The fourth-order valence-electron chi connectivity index (χ4n) is 1.58. The van der Waals surface area contributed by atoms with Gasteiger partial charge >= 0.3 is 0 Å². The molecule has 2 aromatic rings. The van der Waals surface area contributed by atoms with Crippen molar-refractivity contribution in [3.05, 3.63) is 56.0 Å². The number of aldehydes is 1. The van der Waals surface area contributed by atoms with Crippen LogP contribution in [0.3, 0.4) is 0 Å². The molecule has 0 saturated carbocycles. The molecule has 92 valence electrons. The molecular weight excluding hydrogens is 314 g/mol. The first kappa shape index (κ1) is 13.7. The number of rotatable bonds is 2. The van der Waals surface area contributed by atoms with Crippen molar-refractivity contribution < 1.29 is 4.79 Å². The van der Waals surface area contributed by atoms with Crippen LogP contribution in [0.5, 0.6) is 0 Å². The molecule has 0 N–H and O–H groups in total. The third-order valence-corrected chi connectivity index (χ3v) is 4.20. The minimum Gasteiger partial charge on any atom is -0.298 e. The standard InChI is InChI=1S/C13H6Cl4O/c14-10-3-1-2-8(12(10)16)9-5-4-7(6-18)11(15)13(9)17/h1-6H. The van der Waals surface area contributed by atoms with Gasteiger partial charge in [-0.25, -0.2) is 0 Å². The SMILES string of the molecule is O=Cc1ccc(-c2cccc(Cl)c2Cl)c(Cl)c1Cl. The highest BCUT2D eigenvalue weighted by atomic mass is 35.5. The number of hydrogen-bond donors (Lipinski definition) is 0. The average Bonchev–Trinajstić information content (AvgIpc) is 2.37. The van der Waals surface area contributed by atoms with Crippen LogP contribution in [0, 0.1) is 0 Å². The van der Waals surface area contributed by atoms with Crippen LogP contribution < -0.4 is 0 Å². The van der Waals surface area contributed by atoms with Crippen LogP contribution in [-0.2, 0) is 0 Å². The van der Waals surface area contributed by atoms with Gasteiger partial charge in [0.15, 0.2) is 6.29 Å². The lowest BCUT2D eigenvalue weighted by molar-refractivity contribution is 0.112. The zero-order chi connectivity index (χ0) is 13.3. The summed E-state index contributed by atoms with van der Waals surface area (Å²) in [5.41, 5.74) is 1.65. The molecule has 0 bridgehead atoms. The van der Waals surface area contributed by atoms with Gasteiger partial charge in [-0.2, -0.15) is 0 Å². The molecule has 0 aliphatic carbocycles. The lowest BCUT2D eigenvalue weighted by Gasteiger charge is -2.10. The van der Waals surface area contributed by atoms with E-state index in [1.165, 1.54) is 0 Å². The zero-order valence-electron chi connectivity index (χ0n) is 8.88. The fraction of sp³-hybridized carbons (Fsp3) is 0. The quantitative estimate of drug-likeness (QED) is 0.641. The Morgan fingerprint density at radius 1 is 0.778 bits per heavy atom. The number of hydrogen-bond acceptors (Lipinski definition) is 1. The summed E-state index contributed by atoms with van der Waals surface area (Å²) in [6.45, 7) is 0. The number of carbonyl (C=O) groups excluding carboxylic acids is 1. The number of halogens is 4. The second kappa shape index (κ2) is 5.50. The van der Waals surface area contributed by atoms with Crippen molar-refractivity contribution >= 4 is 52.7 Å². The van der Waals surface area contributed by atoms with E-state index in [4.69, 9.17) is 46.4 Å². The molecule has 2 aromatic carbocycles. The molecule has 2 rings (SSSR count). The van der Waals surface area contributed by atoms with E-state index in [9.17, 15) is 4.79 Å². The summed E-state index contributed by atoms with van der Waals surface area (Å²) in [7, 11) is 0. The van der Waals surface area contributed by atoms with Gasteiger partial charge in [0.25, 0.3) is 0 Å². The second-order valence-electron chi connectivity index (χ2n) is 3.55. The van der Waals surface area contributed by atoms with E-state index in [0.29, 0.717) is 33.0 Å². The van der Waals surface area contributed by atoms with E-state index in [2.05, 4.69) is 0 Å². The predicted octanol–water partition coefficient (Wildman–Crippen LogP) is 5.78. The van der Waals surface area contributed by atoms with E-state index in [-0.39, 0.29) is 10.0 Å². The number of carbonyl (C=O) groups is 1. The average molecular weight is 320 g/mol. The molecule has 5 heteroatoms. The third-order valence-electron chi connectivity index (χ3n) is 2.48. The van der Waals surface area contributed by atoms with Crippen LogP contribution >= 0.6 is 46.4 Å². The summed E-state index contributed by atoms with van der Waals surface area (Å²) in [5, 5.41) is 1.32. The predicted molar refractivity (Wildman–Crippen MR) is 77.3 cm³/mol. The Hall–Kier alpha value is -0.730. The van der Waals surface area contributed by atoms with Crippen LogP contribution in [-0.4, -0.2) is 6.29 Å². The molecule has 0 aromatic heterocycles. The molecular formula is C13H6Cl4O. The maximum Gasteiger partial charge on any atom is 0.151 e. The molecule has 0 heterocycles. The van der Waals surface area contributed by atoms with Crippen LogP contribution in [0.4, 0.5) is 0 Å². The van der Waals surface area contributed by atoms with E-state index < -0.39 is 0 Å². The van der Waals surface area contributed by atoms with Crippen molar-refractivity contribution in [3.63, 3.8) is 0 Å². The maximum absolute atomic E-state index is 10.8. The van der Waals surface area contributed by atoms with Crippen molar-refractivity contribution in [2.75, 3.05) is 0 Å². The zero-order valence-corrected chi connectivity index (χ0v) is 11.9. The van der Waals surface area contributed by atoms with Crippen molar-refractivity contribution in [3.8, 4) is 11.1 Å². The third kappa shape index (κ3) is 2.36. The molecule has 0 amide bonds. The first-order valence-corrected chi connectivity index (χ1v) is 6.45.